The van der Waals surface area contributed by atoms with Gasteiger partial charge in [-0.2, -0.15) is 0 Å². The van der Waals surface area contributed by atoms with Crippen LogP contribution in [-0.2, 0) is 6.42 Å². The lowest BCUT2D eigenvalue weighted by molar-refractivity contribution is -0.286. The third-order valence-corrected chi connectivity index (χ3v) is 2.25. The van der Waals surface area contributed by atoms with E-state index in [1.165, 1.54) is 7.11 Å². The lowest BCUT2D eigenvalue weighted by Gasteiger charge is -2.17. The summed E-state index contributed by atoms with van der Waals surface area (Å²) in [5.41, 5.74) is 5.22. The van der Waals surface area contributed by atoms with Gasteiger partial charge in [0.15, 0.2) is 11.5 Å². The molecule has 4 N–H and O–H groups in total. The summed E-state index contributed by atoms with van der Waals surface area (Å²) in [5, 5.41) is 18.2. The Bertz CT molecular complexity index is 472. The first-order valence-corrected chi connectivity index (χ1v) is 4.90. The molecule has 18 heavy (non-hydrogen) atoms. The van der Waals surface area contributed by atoms with Crippen LogP contribution in [0.4, 0.5) is 8.78 Å². The normalized spacial score (nSPS) is 16.8. The first-order valence-electron chi connectivity index (χ1n) is 4.90. The number of rotatable bonds is 3. The fraction of sp³-hybridized carbons (Fsp3) is 0.400. The van der Waals surface area contributed by atoms with E-state index in [2.05, 4.69) is 9.47 Å². The van der Waals surface area contributed by atoms with E-state index >= 15 is 0 Å². The fourth-order valence-corrected chi connectivity index (χ4v) is 1.63. The zero-order chi connectivity index (χ0) is 13.6. The predicted octanol–water partition coefficient (Wildman–Crippen LogP) is 0.156. The number of aliphatic hydroxyl groups is 2. The number of fused-ring (bicyclic) bond motifs is 1. The van der Waals surface area contributed by atoms with Gasteiger partial charge in [-0.1, -0.05) is 0 Å². The second-order valence-electron chi connectivity index (χ2n) is 3.83. The van der Waals surface area contributed by atoms with Crippen LogP contribution in [0.15, 0.2) is 12.1 Å². The van der Waals surface area contributed by atoms with E-state index in [0.29, 0.717) is 0 Å². The monoisotopic (exact) mass is 263 g/mol. The van der Waals surface area contributed by atoms with Gasteiger partial charge in [-0.05, 0) is 6.07 Å². The van der Waals surface area contributed by atoms with Gasteiger partial charge in [-0.3, -0.25) is 5.73 Å². The summed E-state index contributed by atoms with van der Waals surface area (Å²) in [4.78, 5) is 0. The largest absolute Gasteiger partial charge is 0.586 e. The molecule has 0 aromatic heterocycles. The van der Waals surface area contributed by atoms with Crippen molar-refractivity contribution in [1.29, 1.82) is 0 Å². The van der Waals surface area contributed by atoms with Crippen molar-refractivity contribution in [2.75, 3.05) is 7.11 Å². The molecule has 0 amide bonds. The molecule has 6 nitrogen and oxygen atoms in total. The van der Waals surface area contributed by atoms with Crippen LogP contribution in [0.1, 0.15) is 5.56 Å². The Morgan fingerprint density at radius 2 is 1.89 bits per heavy atom. The molecule has 1 aromatic rings. The van der Waals surface area contributed by atoms with Crippen LogP contribution < -0.4 is 19.9 Å². The van der Waals surface area contributed by atoms with Gasteiger partial charge >= 0.3 is 6.29 Å². The summed E-state index contributed by atoms with van der Waals surface area (Å²) >= 11 is 0. The van der Waals surface area contributed by atoms with Crippen molar-refractivity contribution >= 4 is 0 Å². The topological polar surface area (TPSA) is 94.2 Å². The van der Waals surface area contributed by atoms with E-state index in [1.54, 1.807) is 0 Å². The zero-order valence-corrected chi connectivity index (χ0v) is 9.31. The number of ether oxygens (including phenoxy) is 3. The molecule has 0 bridgehead atoms. The van der Waals surface area contributed by atoms with Gasteiger partial charge < -0.3 is 24.4 Å². The van der Waals surface area contributed by atoms with Gasteiger partial charge in [0, 0.05) is 18.1 Å². The van der Waals surface area contributed by atoms with Gasteiger partial charge in [0.25, 0.3) is 0 Å². The molecule has 2 rings (SSSR count). The van der Waals surface area contributed by atoms with E-state index in [9.17, 15) is 8.78 Å². The molecular weight excluding hydrogens is 252 g/mol. The van der Waals surface area contributed by atoms with Crippen LogP contribution in [0.25, 0.3) is 0 Å². The van der Waals surface area contributed by atoms with Gasteiger partial charge in [0.05, 0.1) is 7.11 Å². The number of methoxy groups -OCH3 is 1. The Balaban J connectivity index is 2.38. The van der Waals surface area contributed by atoms with Crippen LogP contribution in [-0.4, -0.2) is 29.5 Å². The first kappa shape index (κ1) is 12.8. The minimum Gasteiger partial charge on any atom is -0.496 e. The molecule has 1 aromatic carbocycles. The van der Waals surface area contributed by atoms with Crippen molar-refractivity contribution in [1.82, 2.24) is 0 Å². The molecule has 0 atom stereocenters. The molecule has 0 radical (unpaired) electrons. The Kier molecular flexibility index (Phi) is 2.80. The van der Waals surface area contributed by atoms with Gasteiger partial charge in [0.2, 0.25) is 5.91 Å². The zero-order valence-electron chi connectivity index (χ0n) is 9.31. The highest BCUT2D eigenvalue weighted by molar-refractivity contribution is 5.52. The fourth-order valence-electron chi connectivity index (χ4n) is 1.63. The number of benzene rings is 1. The SMILES string of the molecule is COc1cc2c(cc1CC(N)(O)O)OC(F)(F)O2. The molecule has 0 unspecified atom stereocenters. The summed E-state index contributed by atoms with van der Waals surface area (Å²) < 4.78 is 39.1. The van der Waals surface area contributed by atoms with E-state index < -0.39 is 18.6 Å². The van der Waals surface area contributed by atoms with Crippen LogP contribution in [0.2, 0.25) is 0 Å². The molecular formula is C10H11F2NO5. The van der Waals surface area contributed by atoms with Crippen molar-refractivity contribution in [3.63, 3.8) is 0 Å². The molecule has 0 aliphatic carbocycles. The summed E-state index contributed by atoms with van der Waals surface area (Å²) in [6.07, 6.45) is -4.16. The number of nitrogens with two attached hydrogens (primary N) is 1. The molecule has 0 fully saturated rings. The Morgan fingerprint density at radius 1 is 1.33 bits per heavy atom. The van der Waals surface area contributed by atoms with Crippen molar-refractivity contribution in [3.8, 4) is 17.2 Å². The quantitative estimate of drug-likeness (QED) is 0.672. The Labute approximate surface area is 100 Å². The van der Waals surface area contributed by atoms with Crippen molar-refractivity contribution < 1.29 is 33.2 Å². The molecule has 8 heteroatoms. The van der Waals surface area contributed by atoms with Crippen LogP contribution in [0, 0.1) is 0 Å². The van der Waals surface area contributed by atoms with E-state index in [0.717, 1.165) is 12.1 Å². The number of alkyl halides is 2. The molecule has 0 spiro atoms. The van der Waals surface area contributed by atoms with Crippen LogP contribution in [0.3, 0.4) is 0 Å². The predicted molar refractivity (Wildman–Crippen MR) is 54.3 cm³/mol. The molecule has 0 saturated heterocycles. The number of hydrogen-bond donors (Lipinski definition) is 3. The lowest BCUT2D eigenvalue weighted by atomic mass is 10.1. The molecule has 1 aliphatic rings. The third kappa shape index (κ3) is 2.61. The molecule has 1 heterocycles. The highest BCUT2D eigenvalue weighted by Crippen LogP contribution is 2.44. The molecule has 1 aliphatic heterocycles. The van der Waals surface area contributed by atoms with Crippen LogP contribution in [0.5, 0.6) is 17.2 Å². The Hall–Kier alpha value is -1.64. The second kappa shape index (κ2) is 3.94. The standard InChI is InChI=1S/C10H11F2NO5/c1-16-6-3-8-7(17-10(11,12)18-8)2-5(6)4-9(13,14)15/h2-3,14-15H,4,13H2,1H3. The van der Waals surface area contributed by atoms with Crippen molar-refractivity contribution in [3.05, 3.63) is 17.7 Å². The second-order valence-corrected chi connectivity index (χ2v) is 3.83. The maximum Gasteiger partial charge on any atom is 0.586 e. The lowest BCUT2D eigenvalue weighted by Crippen LogP contribution is -2.41. The van der Waals surface area contributed by atoms with Gasteiger partial charge in [-0.15, -0.1) is 8.78 Å². The molecule has 0 saturated carbocycles. The van der Waals surface area contributed by atoms with Gasteiger partial charge in [0.1, 0.15) is 5.75 Å². The average Bonchev–Trinajstić information content (AvgIpc) is 2.47. The summed E-state index contributed by atoms with van der Waals surface area (Å²) in [7, 11) is 1.30. The van der Waals surface area contributed by atoms with Crippen LogP contribution >= 0.6 is 0 Å². The smallest absolute Gasteiger partial charge is 0.496 e. The minimum absolute atomic E-state index is 0.132. The highest BCUT2D eigenvalue weighted by atomic mass is 19.3. The van der Waals surface area contributed by atoms with E-state index in [4.69, 9.17) is 20.7 Å². The summed E-state index contributed by atoms with van der Waals surface area (Å²) in [6.45, 7) is 0. The van der Waals surface area contributed by atoms with Gasteiger partial charge in [-0.25, -0.2) is 0 Å². The summed E-state index contributed by atoms with van der Waals surface area (Å²) in [6, 6.07) is 2.32. The Morgan fingerprint density at radius 3 is 2.39 bits per heavy atom. The van der Waals surface area contributed by atoms with Crippen molar-refractivity contribution in [2.45, 2.75) is 18.6 Å². The number of halogens is 2. The van der Waals surface area contributed by atoms with Crippen molar-refractivity contribution in [2.24, 2.45) is 5.73 Å². The average molecular weight is 263 g/mol. The highest BCUT2D eigenvalue weighted by Gasteiger charge is 2.44. The minimum atomic E-state index is -3.75. The molecule has 100 valence electrons. The first-order chi connectivity index (χ1) is 8.20. The number of hydrogen-bond acceptors (Lipinski definition) is 6. The maximum absolute atomic E-state index is 12.8. The van der Waals surface area contributed by atoms with E-state index in [-0.39, 0.29) is 22.8 Å². The maximum atomic E-state index is 12.8. The third-order valence-electron chi connectivity index (χ3n) is 2.25. The summed E-state index contributed by atoms with van der Waals surface area (Å²) in [5.74, 6) is -2.77. The van der Waals surface area contributed by atoms with E-state index in [1.807, 2.05) is 0 Å².